The summed E-state index contributed by atoms with van der Waals surface area (Å²) in [4.78, 5) is 29.3. The van der Waals surface area contributed by atoms with E-state index in [0.29, 0.717) is 28.1 Å². The summed E-state index contributed by atoms with van der Waals surface area (Å²) in [6, 6.07) is 11.7. The summed E-state index contributed by atoms with van der Waals surface area (Å²) in [7, 11) is 0. The van der Waals surface area contributed by atoms with Crippen molar-refractivity contribution >= 4 is 52.1 Å². The monoisotopic (exact) mass is 475 g/mol. The van der Waals surface area contributed by atoms with Crippen molar-refractivity contribution in [3.8, 4) is 0 Å². The SMILES string of the molecule is CCCCCCCN1C(=S)N(c2ccc(Cl)cc2)C(=O)C1CC(=O)Nc1ccc(F)cc1. The quantitative estimate of drug-likeness (QED) is 0.349. The van der Waals surface area contributed by atoms with Crippen molar-refractivity contribution in [1.29, 1.82) is 0 Å². The summed E-state index contributed by atoms with van der Waals surface area (Å²) < 4.78 is 13.1. The first kappa shape index (κ1) is 24.1. The normalized spacial score (nSPS) is 16.0. The zero-order chi connectivity index (χ0) is 23.1. The van der Waals surface area contributed by atoms with Gasteiger partial charge in [-0.15, -0.1) is 0 Å². The van der Waals surface area contributed by atoms with E-state index in [1.807, 2.05) is 4.90 Å². The van der Waals surface area contributed by atoms with Gasteiger partial charge in [-0.2, -0.15) is 0 Å². The van der Waals surface area contributed by atoms with Crippen LogP contribution in [0.3, 0.4) is 0 Å². The van der Waals surface area contributed by atoms with Crippen LogP contribution in [0.4, 0.5) is 15.8 Å². The Labute approximate surface area is 198 Å². The number of hydrogen-bond donors (Lipinski definition) is 1. The molecule has 0 aromatic heterocycles. The standard InChI is InChI=1S/C24H27ClFN3O2S/c1-2-3-4-5-6-15-28-21(16-22(30)27-19-11-9-18(26)10-12-19)23(31)29(24(28)32)20-13-7-17(25)8-14-20/h7-14,21H,2-6,15-16H2,1H3,(H,27,30). The Morgan fingerprint density at radius 1 is 1.06 bits per heavy atom. The van der Waals surface area contributed by atoms with Crippen molar-refractivity contribution in [3.05, 3.63) is 59.4 Å². The Balaban J connectivity index is 1.74. The predicted octanol–water partition coefficient (Wildman–Crippen LogP) is 5.78. The summed E-state index contributed by atoms with van der Waals surface area (Å²) in [6.45, 7) is 2.76. The molecule has 1 N–H and O–H groups in total. The fourth-order valence-electron chi connectivity index (χ4n) is 3.72. The third-order valence-corrected chi connectivity index (χ3v) is 6.08. The molecule has 8 heteroatoms. The number of anilines is 2. The molecule has 5 nitrogen and oxygen atoms in total. The maximum Gasteiger partial charge on any atom is 0.256 e. The number of amides is 2. The topological polar surface area (TPSA) is 52.7 Å². The maximum atomic E-state index is 13.3. The molecule has 32 heavy (non-hydrogen) atoms. The molecule has 2 aromatic carbocycles. The molecule has 170 valence electrons. The molecule has 1 aliphatic rings. The van der Waals surface area contributed by atoms with E-state index < -0.39 is 6.04 Å². The van der Waals surface area contributed by atoms with Gasteiger partial charge in [-0.1, -0.05) is 44.2 Å². The van der Waals surface area contributed by atoms with Crippen LogP contribution in [0.15, 0.2) is 48.5 Å². The molecule has 1 fully saturated rings. The van der Waals surface area contributed by atoms with Crippen molar-refractivity contribution in [2.45, 2.75) is 51.5 Å². The molecular weight excluding hydrogens is 449 g/mol. The second-order valence-electron chi connectivity index (χ2n) is 7.82. The van der Waals surface area contributed by atoms with Gasteiger partial charge in [0.25, 0.3) is 5.91 Å². The summed E-state index contributed by atoms with van der Waals surface area (Å²) in [6.07, 6.45) is 5.33. The second-order valence-corrected chi connectivity index (χ2v) is 8.62. The third kappa shape index (κ3) is 6.04. The van der Waals surface area contributed by atoms with E-state index in [2.05, 4.69) is 12.2 Å². The molecule has 1 unspecified atom stereocenters. The van der Waals surface area contributed by atoms with Gasteiger partial charge >= 0.3 is 0 Å². The highest BCUT2D eigenvalue weighted by atomic mass is 35.5. The number of nitrogens with one attached hydrogen (secondary N) is 1. The zero-order valence-electron chi connectivity index (χ0n) is 18.0. The Morgan fingerprint density at radius 3 is 2.38 bits per heavy atom. The highest BCUT2D eigenvalue weighted by Crippen LogP contribution is 2.29. The van der Waals surface area contributed by atoms with E-state index in [0.717, 1.165) is 25.7 Å². The average molecular weight is 476 g/mol. The summed E-state index contributed by atoms with van der Waals surface area (Å²) in [5.41, 5.74) is 1.10. The molecule has 0 saturated carbocycles. The van der Waals surface area contributed by atoms with E-state index in [1.165, 1.54) is 35.6 Å². The largest absolute Gasteiger partial charge is 0.336 e. The Kier molecular flexibility index (Phi) is 8.59. The van der Waals surface area contributed by atoms with Gasteiger partial charge in [0.15, 0.2) is 5.11 Å². The van der Waals surface area contributed by atoms with Crippen LogP contribution >= 0.6 is 23.8 Å². The lowest BCUT2D eigenvalue weighted by Gasteiger charge is -2.24. The van der Waals surface area contributed by atoms with Crippen LogP contribution in [0.5, 0.6) is 0 Å². The van der Waals surface area contributed by atoms with Crippen molar-refractivity contribution < 1.29 is 14.0 Å². The highest BCUT2D eigenvalue weighted by molar-refractivity contribution is 7.80. The molecule has 2 aromatic rings. The number of carbonyl (C=O) groups is 2. The van der Waals surface area contributed by atoms with E-state index >= 15 is 0 Å². The highest BCUT2D eigenvalue weighted by Gasteiger charge is 2.43. The number of halogens is 2. The first-order chi connectivity index (χ1) is 15.4. The van der Waals surface area contributed by atoms with E-state index in [-0.39, 0.29) is 24.1 Å². The predicted molar refractivity (Wildman–Crippen MR) is 130 cm³/mol. The van der Waals surface area contributed by atoms with Gasteiger partial charge in [-0.25, -0.2) is 4.39 Å². The molecule has 0 radical (unpaired) electrons. The zero-order valence-corrected chi connectivity index (χ0v) is 19.6. The van der Waals surface area contributed by atoms with Gasteiger partial charge in [-0.3, -0.25) is 14.5 Å². The van der Waals surface area contributed by atoms with E-state index in [1.54, 1.807) is 24.3 Å². The maximum absolute atomic E-state index is 13.3. The van der Waals surface area contributed by atoms with Crippen LogP contribution < -0.4 is 10.2 Å². The van der Waals surface area contributed by atoms with Crippen LogP contribution in [0.25, 0.3) is 0 Å². The van der Waals surface area contributed by atoms with E-state index in [9.17, 15) is 14.0 Å². The lowest BCUT2D eigenvalue weighted by Crippen LogP contribution is -2.38. The first-order valence-corrected chi connectivity index (χ1v) is 11.6. The lowest BCUT2D eigenvalue weighted by molar-refractivity contribution is -0.124. The summed E-state index contributed by atoms with van der Waals surface area (Å²) in [5, 5.41) is 3.69. The van der Waals surface area contributed by atoms with Gasteiger partial charge in [0.2, 0.25) is 5.91 Å². The number of nitrogens with zero attached hydrogens (tertiary/aromatic N) is 2. The average Bonchev–Trinajstić information content (AvgIpc) is 3.00. The van der Waals surface area contributed by atoms with Crippen molar-refractivity contribution in [3.63, 3.8) is 0 Å². The number of rotatable bonds is 10. The summed E-state index contributed by atoms with van der Waals surface area (Å²) in [5.74, 6) is -0.945. The van der Waals surface area contributed by atoms with Gasteiger partial charge in [0.05, 0.1) is 12.1 Å². The molecule has 0 aliphatic carbocycles. The van der Waals surface area contributed by atoms with Gasteiger partial charge in [0, 0.05) is 17.3 Å². The lowest BCUT2D eigenvalue weighted by atomic mass is 10.1. The Morgan fingerprint density at radius 2 is 1.72 bits per heavy atom. The van der Waals surface area contributed by atoms with Gasteiger partial charge < -0.3 is 10.2 Å². The van der Waals surface area contributed by atoms with Crippen LogP contribution in [0.1, 0.15) is 45.4 Å². The Hall–Kier alpha value is -2.51. The summed E-state index contributed by atoms with van der Waals surface area (Å²) >= 11 is 11.6. The van der Waals surface area contributed by atoms with E-state index in [4.69, 9.17) is 23.8 Å². The molecule has 0 spiro atoms. The van der Waals surface area contributed by atoms with Crippen molar-refractivity contribution in [1.82, 2.24) is 4.90 Å². The minimum absolute atomic E-state index is 0.0462. The molecule has 3 rings (SSSR count). The first-order valence-electron chi connectivity index (χ1n) is 10.9. The number of carbonyl (C=O) groups excluding carboxylic acids is 2. The molecule has 0 bridgehead atoms. The molecule has 1 saturated heterocycles. The molecule has 1 atom stereocenters. The Bertz CT molecular complexity index is 953. The molecular formula is C24H27ClFN3O2S. The molecule has 2 amide bonds. The number of hydrogen-bond acceptors (Lipinski definition) is 3. The second kappa shape index (κ2) is 11.4. The minimum Gasteiger partial charge on any atom is -0.336 e. The number of thiocarbonyl (C=S) groups is 1. The van der Waals surface area contributed by atoms with Gasteiger partial charge in [-0.05, 0) is 67.2 Å². The molecule has 1 aliphatic heterocycles. The fourth-order valence-corrected chi connectivity index (χ4v) is 4.26. The van der Waals surface area contributed by atoms with Crippen molar-refractivity contribution in [2.24, 2.45) is 0 Å². The number of unbranched alkanes of at least 4 members (excludes halogenated alkanes) is 4. The van der Waals surface area contributed by atoms with Crippen LogP contribution in [0.2, 0.25) is 5.02 Å². The van der Waals surface area contributed by atoms with Crippen LogP contribution in [0, 0.1) is 5.82 Å². The van der Waals surface area contributed by atoms with Gasteiger partial charge in [0.1, 0.15) is 11.9 Å². The fraction of sp³-hybridized carbons (Fsp3) is 0.375. The third-order valence-electron chi connectivity index (χ3n) is 5.41. The van der Waals surface area contributed by atoms with Crippen LogP contribution in [-0.4, -0.2) is 34.4 Å². The number of benzene rings is 2. The van der Waals surface area contributed by atoms with Crippen molar-refractivity contribution in [2.75, 3.05) is 16.8 Å². The van der Waals surface area contributed by atoms with Crippen LogP contribution in [-0.2, 0) is 9.59 Å². The smallest absolute Gasteiger partial charge is 0.256 e. The minimum atomic E-state index is -0.690. The molecule has 1 heterocycles.